The van der Waals surface area contributed by atoms with Crippen LogP contribution in [0.1, 0.15) is 90.1 Å². The summed E-state index contributed by atoms with van der Waals surface area (Å²) in [4.78, 5) is 93.8. The molecule has 8 rings (SSSR count). The first-order valence-corrected chi connectivity index (χ1v) is 25.2. The third-order valence-corrected chi connectivity index (χ3v) is 13.1. The number of rotatable bonds is 23. The van der Waals surface area contributed by atoms with Crippen molar-refractivity contribution in [3.05, 3.63) is 158 Å². The van der Waals surface area contributed by atoms with Gasteiger partial charge in [0, 0.05) is 44.4 Å². The monoisotopic (exact) mass is 1050 g/mol. The molecule has 2 unspecified atom stereocenters. The van der Waals surface area contributed by atoms with Gasteiger partial charge in [0.2, 0.25) is 23.6 Å². The highest BCUT2D eigenvalue weighted by Gasteiger charge is 2.31. The number of carbonyl (C=O) groups excluding carboxylic acids is 6. The van der Waals surface area contributed by atoms with E-state index in [0.29, 0.717) is 47.3 Å². The number of benzene rings is 4. The summed E-state index contributed by atoms with van der Waals surface area (Å²) in [6.45, 7) is 6.08. The van der Waals surface area contributed by atoms with E-state index >= 15 is 0 Å². The van der Waals surface area contributed by atoms with Crippen LogP contribution in [0.25, 0.3) is 33.4 Å². The Bertz CT molecular complexity index is 3130. The van der Waals surface area contributed by atoms with Crippen LogP contribution in [-0.4, -0.2) is 105 Å². The lowest BCUT2D eigenvalue weighted by Crippen LogP contribution is -2.52. The minimum Gasteiger partial charge on any atom is -0.463 e. The molecule has 5 amide bonds. The predicted octanol–water partition coefficient (Wildman–Crippen LogP) is 5.16. The van der Waals surface area contributed by atoms with E-state index in [1.165, 1.54) is 17.6 Å². The van der Waals surface area contributed by atoms with Gasteiger partial charge in [-0.25, -0.2) is 14.2 Å². The van der Waals surface area contributed by atoms with E-state index in [4.69, 9.17) is 19.2 Å². The van der Waals surface area contributed by atoms with Crippen molar-refractivity contribution in [2.24, 2.45) is 0 Å². The summed E-state index contributed by atoms with van der Waals surface area (Å²) in [5.41, 5.74) is 8.50. The van der Waals surface area contributed by atoms with E-state index in [2.05, 4.69) is 26.6 Å². The lowest BCUT2D eigenvalue weighted by atomic mass is 9.95. The number of unbranched alkanes of at least 4 members (excludes halogenated alkanes) is 1. The molecule has 0 fully saturated rings. The van der Waals surface area contributed by atoms with Crippen molar-refractivity contribution in [2.75, 3.05) is 39.6 Å². The quantitative estimate of drug-likeness (QED) is 0.0211. The third-order valence-electron chi connectivity index (χ3n) is 13.1. The number of fused-ring (bicyclic) bond motifs is 7. The smallest absolute Gasteiger partial charge is 0.407 e. The zero-order valence-corrected chi connectivity index (χ0v) is 43.4. The molecule has 1 aliphatic carbocycles. The maximum absolute atomic E-state index is 14.9. The molecule has 6 aromatic rings. The number of amides is 5. The first-order valence-electron chi connectivity index (χ1n) is 25.2. The van der Waals surface area contributed by atoms with Crippen LogP contribution in [0.3, 0.4) is 0 Å². The second-order valence-electron chi connectivity index (χ2n) is 18.1. The normalized spacial score (nSPS) is 12.4. The van der Waals surface area contributed by atoms with Gasteiger partial charge < -0.3 is 50.5 Å². The number of ether oxygens (including phenoxy) is 3. The van der Waals surface area contributed by atoms with Crippen molar-refractivity contribution in [3.63, 3.8) is 0 Å². The molecule has 4 aromatic carbocycles. The highest BCUT2D eigenvalue weighted by molar-refractivity contribution is 5.93. The number of pyridine rings is 2. The molecule has 77 heavy (non-hydrogen) atoms. The fraction of sp³-hybridized carbons (Fsp3) is 0.333. The zero-order chi connectivity index (χ0) is 54.3. The molecule has 0 spiro atoms. The molecule has 3 radical (unpaired) electrons. The largest absolute Gasteiger partial charge is 0.463 e. The fourth-order valence-corrected chi connectivity index (χ4v) is 9.43. The fourth-order valence-electron chi connectivity index (χ4n) is 9.43. The maximum Gasteiger partial charge on any atom is 0.407 e. The van der Waals surface area contributed by atoms with Crippen LogP contribution in [0.15, 0.2) is 102 Å². The van der Waals surface area contributed by atoms with Gasteiger partial charge in [-0.1, -0.05) is 92.7 Å². The second kappa shape index (κ2) is 27.5. The summed E-state index contributed by atoms with van der Waals surface area (Å²) < 4.78 is 32.5. The Morgan fingerprint density at radius 1 is 0.831 bits per heavy atom. The number of nitrogens with one attached hydrogen (secondary N) is 5. The number of nitrogens with zero attached hydrogens (tertiary/aromatic N) is 2. The minimum atomic E-state index is -1.11. The lowest BCUT2D eigenvalue weighted by molar-refractivity contribution is -0.131. The SMILES string of the molecule is CC.Cc1cc2c(CCCCOCNC(=O)CNC(=O)C(Cc3ccccc3)NC(=O)CNC(=O)CNC(=O)OCC3c4ccccc4-c4ccccc43)c3c(nc2cc1F)-c1cc(C(C)O)c(COC=O)c(=O)n1C3.[B]. The number of alkyl carbamates (subject to hydrolysis) is 1. The standard InChI is InChI=1S/C55H56FN7O11.C2H6.B/c1-32-20-41-39(42-27-63-48(52(42)62-46(41)23-45(32)56)22-40(33(2)65)44(54(63)70)28-73-31-64)18-10-11-19-72-30-60-50(67)24-58-53(69)47(21-34-12-4-3-5-13-34)61-51(68)26-57-49(66)25-59-55(71)74-29-43-37-16-8-6-14-35(37)36-15-7-9-17-38(36)43;1-2;/h3-9,12-17,20,22-23,31,33,43,47,65H,10-11,18-19,21,24-30H2,1-2H3,(H,57,66)(H,58,69)(H,59,71)(H,60,67)(H,61,68);1-2H3;. The molecule has 0 saturated carbocycles. The van der Waals surface area contributed by atoms with Crippen molar-refractivity contribution >= 4 is 55.5 Å². The molecular formula is C57H62BFN7O11. The van der Waals surface area contributed by atoms with Crippen LogP contribution in [0.2, 0.25) is 0 Å². The number of aliphatic hydroxyl groups is 1. The van der Waals surface area contributed by atoms with Crippen LogP contribution < -0.4 is 32.1 Å². The molecule has 3 heterocycles. The van der Waals surface area contributed by atoms with Crippen LogP contribution in [-0.2, 0) is 64.2 Å². The van der Waals surface area contributed by atoms with E-state index in [9.17, 15) is 43.1 Å². The summed E-state index contributed by atoms with van der Waals surface area (Å²) in [7, 11) is 0. The average Bonchev–Trinajstić information content (AvgIpc) is 4.08. The second-order valence-corrected chi connectivity index (χ2v) is 18.1. The molecule has 2 atom stereocenters. The number of halogens is 1. The molecule has 20 heteroatoms. The number of aryl methyl sites for hydroxylation is 2. The number of aliphatic hydroxyl groups excluding tert-OH is 1. The van der Waals surface area contributed by atoms with Crippen LogP contribution in [0.4, 0.5) is 9.18 Å². The van der Waals surface area contributed by atoms with Crippen molar-refractivity contribution in [2.45, 2.75) is 84.6 Å². The van der Waals surface area contributed by atoms with E-state index in [-0.39, 0.29) is 65.9 Å². The van der Waals surface area contributed by atoms with Gasteiger partial charge in [-0.15, -0.1) is 0 Å². The van der Waals surface area contributed by atoms with Crippen LogP contribution >= 0.6 is 0 Å². The molecule has 6 N–H and O–H groups in total. The Morgan fingerprint density at radius 3 is 2.17 bits per heavy atom. The summed E-state index contributed by atoms with van der Waals surface area (Å²) in [5, 5.41) is 23.9. The Balaban J connectivity index is 0.00000316. The van der Waals surface area contributed by atoms with E-state index in [1.807, 2.05) is 62.4 Å². The van der Waals surface area contributed by atoms with Gasteiger partial charge in [-0.05, 0) is 89.8 Å². The highest BCUT2D eigenvalue weighted by atomic mass is 19.1. The number of hydrogen-bond acceptors (Lipinski definition) is 12. The molecule has 1 aliphatic heterocycles. The van der Waals surface area contributed by atoms with Gasteiger partial charge in [0.25, 0.3) is 12.0 Å². The van der Waals surface area contributed by atoms with E-state index in [1.54, 1.807) is 49.4 Å². The average molecular weight is 1050 g/mol. The first kappa shape index (κ1) is 58.0. The van der Waals surface area contributed by atoms with Gasteiger partial charge in [0.05, 0.1) is 48.2 Å². The van der Waals surface area contributed by atoms with Crippen molar-refractivity contribution in [3.8, 4) is 22.5 Å². The van der Waals surface area contributed by atoms with E-state index < -0.39 is 72.9 Å². The van der Waals surface area contributed by atoms with Gasteiger partial charge in [0.1, 0.15) is 38.3 Å². The summed E-state index contributed by atoms with van der Waals surface area (Å²) in [6.07, 6.45) is -0.0472. The Kier molecular flexibility index (Phi) is 20.8. The molecule has 0 bridgehead atoms. The van der Waals surface area contributed by atoms with Crippen molar-refractivity contribution in [1.82, 2.24) is 36.1 Å². The van der Waals surface area contributed by atoms with Crippen LogP contribution in [0, 0.1) is 12.7 Å². The third kappa shape index (κ3) is 14.2. The Hall–Kier alpha value is -8.23. The van der Waals surface area contributed by atoms with Gasteiger partial charge in [-0.2, -0.15) is 0 Å². The minimum absolute atomic E-state index is 0. The number of carbonyl (C=O) groups is 6. The predicted molar refractivity (Wildman–Crippen MR) is 287 cm³/mol. The van der Waals surface area contributed by atoms with Crippen molar-refractivity contribution < 1.29 is 52.5 Å². The molecule has 2 aliphatic rings. The summed E-state index contributed by atoms with van der Waals surface area (Å²) in [5.74, 6) is -3.11. The summed E-state index contributed by atoms with van der Waals surface area (Å²) >= 11 is 0. The topological polar surface area (TPSA) is 245 Å². The molecular weight excluding hydrogens is 988 g/mol. The highest BCUT2D eigenvalue weighted by Crippen LogP contribution is 2.44. The molecule has 2 aromatic heterocycles. The lowest BCUT2D eigenvalue weighted by Gasteiger charge is -2.19. The maximum atomic E-state index is 14.9. The van der Waals surface area contributed by atoms with Crippen molar-refractivity contribution in [1.29, 1.82) is 0 Å². The first-order chi connectivity index (χ1) is 36.8. The Labute approximate surface area is 447 Å². The van der Waals surface area contributed by atoms with Crippen LogP contribution in [0.5, 0.6) is 0 Å². The van der Waals surface area contributed by atoms with Gasteiger partial charge >= 0.3 is 6.09 Å². The van der Waals surface area contributed by atoms with Gasteiger partial charge in [0.15, 0.2) is 0 Å². The van der Waals surface area contributed by atoms with Gasteiger partial charge in [-0.3, -0.25) is 28.8 Å². The van der Waals surface area contributed by atoms with E-state index in [0.717, 1.165) is 44.3 Å². The molecule has 0 saturated heterocycles. The molecule has 401 valence electrons. The number of hydrogen-bond donors (Lipinski definition) is 6. The number of aromatic nitrogens is 2. The summed E-state index contributed by atoms with van der Waals surface area (Å²) in [6, 6.07) is 28.4. The molecule has 18 nitrogen and oxygen atoms in total. The zero-order valence-electron chi connectivity index (χ0n) is 43.4. The Morgan fingerprint density at radius 2 is 1.48 bits per heavy atom.